The van der Waals surface area contributed by atoms with Crippen molar-refractivity contribution in [2.24, 2.45) is 17.6 Å². The Labute approximate surface area is 64.3 Å². The molecule has 0 bridgehead atoms. The van der Waals surface area contributed by atoms with Gasteiger partial charge >= 0.3 is 0 Å². The third-order valence-corrected chi connectivity index (χ3v) is 2.11. The van der Waals surface area contributed by atoms with Crippen LogP contribution in [-0.4, -0.2) is 6.54 Å². The Morgan fingerprint density at radius 3 is 2.20 bits per heavy atom. The average Bonchev–Trinajstić information content (AvgIpc) is 1.87. The summed E-state index contributed by atoms with van der Waals surface area (Å²) < 4.78 is 0. The van der Waals surface area contributed by atoms with Gasteiger partial charge in [-0.1, -0.05) is 32.9 Å². The lowest BCUT2D eigenvalue weighted by atomic mass is 9.89. The molecule has 0 saturated carbocycles. The highest BCUT2D eigenvalue weighted by Crippen LogP contribution is 2.19. The highest BCUT2D eigenvalue weighted by Gasteiger charge is 2.09. The first-order valence-electron chi connectivity index (χ1n) is 3.97. The smallest absolute Gasteiger partial charge is 0.00399 e. The van der Waals surface area contributed by atoms with Gasteiger partial charge in [0.2, 0.25) is 0 Å². The van der Waals surface area contributed by atoms with Crippen molar-refractivity contribution in [3.05, 3.63) is 12.2 Å². The first-order valence-corrected chi connectivity index (χ1v) is 3.97. The molecule has 10 heavy (non-hydrogen) atoms. The quantitative estimate of drug-likeness (QED) is 0.597. The molecule has 0 aromatic rings. The second-order valence-corrected chi connectivity index (χ2v) is 3.23. The van der Waals surface area contributed by atoms with E-state index in [1.54, 1.807) is 0 Å². The van der Waals surface area contributed by atoms with Crippen molar-refractivity contribution in [1.82, 2.24) is 0 Å². The van der Waals surface area contributed by atoms with E-state index in [0.29, 0.717) is 11.8 Å². The maximum Gasteiger partial charge on any atom is -0.00399 e. The molecule has 0 unspecified atom stereocenters. The highest BCUT2D eigenvalue weighted by atomic mass is 14.5. The first-order chi connectivity index (χ1) is 4.59. The zero-order chi connectivity index (χ0) is 8.15. The van der Waals surface area contributed by atoms with E-state index in [4.69, 9.17) is 5.73 Å². The number of nitrogens with two attached hydrogens (primary N) is 1. The third-order valence-electron chi connectivity index (χ3n) is 2.11. The number of hydrogen-bond donors (Lipinski definition) is 1. The zero-order valence-corrected chi connectivity index (χ0v) is 7.35. The van der Waals surface area contributed by atoms with E-state index in [-0.39, 0.29) is 0 Å². The minimum Gasteiger partial charge on any atom is -0.330 e. The van der Waals surface area contributed by atoms with Gasteiger partial charge in [-0.05, 0) is 24.8 Å². The Morgan fingerprint density at radius 2 is 1.90 bits per heavy atom. The van der Waals surface area contributed by atoms with Crippen LogP contribution in [0, 0.1) is 11.8 Å². The SMILES string of the molecule is C=C(CCN)[C@@H](C)C(C)C. The monoisotopic (exact) mass is 141 g/mol. The Balaban J connectivity index is 3.71. The Kier molecular flexibility index (Phi) is 4.37. The van der Waals surface area contributed by atoms with Crippen LogP contribution in [0.4, 0.5) is 0 Å². The fraction of sp³-hybridized carbons (Fsp3) is 0.778. The standard InChI is InChI=1S/C9H19N/c1-7(2)9(4)8(3)5-6-10/h7,9H,3,5-6,10H2,1-2,4H3/t9-/m0/s1. The van der Waals surface area contributed by atoms with Gasteiger partial charge in [0.05, 0.1) is 0 Å². The largest absolute Gasteiger partial charge is 0.330 e. The van der Waals surface area contributed by atoms with E-state index in [0.717, 1.165) is 13.0 Å². The van der Waals surface area contributed by atoms with E-state index in [1.807, 2.05) is 0 Å². The van der Waals surface area contributed by atoms with Gasteiger partial charge in [0.25, 0.3) is 0 Å². The fourth-order valence-corrected chi connectivity index (χ4v) is 0.884. The van der Waals surface area contributed by atoms with Crippen molar-refractivity contribution < 1.29 is 0 Å². The summed E-state index contributed by atoms with van der Waals surface area (Å²) in [5.41, 5.74) is 6.70. The molecule has 0 aromatic heterocycles. The summed E-state index contributed by atoms with van der Waals surface area (Å²) in [5.74, 6) is 1.31. The molecule has 0 radical (unpaired) electrons. The minimum absolute atomic E-state index is 0.614. The zero-order valence-electron chi connectivity index (χ0n) is 7.35. The maximum atomic E-state index is 5.41. The molecule has 0 amide bonds. The van der Waals surface area contributed by atoms with Crippen LogP contribution < -0.4 is 5.73 Å². The summed E-state index contributed by atoms with van der Waals surface area (Å²) >= 11 is 0. The molecule has 0 heterocycles. The molecule has 0 rings (SSSR count). The van der Waals surface area contributed by atoms with Crippen LogP contribution in [0.5, 0.6) is 0 Å². The van der Waals surface area contributed by atoms with Gasteiger partial charge in [-0.3, -0.25) is 0 Å². The number of hydrogen-bond acceptors (Lipinski definition) is 1. The molecule has 0 aliphatic heterocycles. The average molecular weight is 141 g/mol. The van der Waals surface area contributed by atoms with Crippen molar-refractivity contribution in [1.29, 1.82) is 0 Å². The molecule has 0 fully saturated rings. The Bertz CT molecular complexity index is 105. The van der Waals surface area contributed by atoms with Gasteiger partial charge in [0.15, 0.2) is 0 Å². The second-order valence-electron chi connectivity index (χ2n) is 3.23. The van der Waals surface area contributed by atoms with E-state index in [1.165, 1.54) is 5.57 Å². The predicted octanol–water partition coefficient (Wildman–Crippen LogP) is 2.18. The van der Waals surface area contributed by atoms with Crippen LogP contribution >= 0.6 is 0 Å². The lowest BCUT2D eigenvalue weighted by Gasteiger charge is -2.17. The molecule has 2 N–H and O–H groups in total. The second kappa shape index (κ2) is 4.51. The Hall–Kier alpha value is -0.300. The van der Waals surface area contributed by atoms with Crippen molar-refractivity contribution >= 4 is 0 Å². The number of rotatable bonds is 4. The van der Waals surface area contributed by atoms with Crippen LogP contribution in [0.15, 0.2) is 12.2 Å². The highest BCUT2D eigenvalue weighted by molar-refractivity contribution is 5.00. The van der Waals surface area contributed by atoms with Crippen LogP contribution in [0.3, 0.4) is 0 Å². The van der Waals surface area contributed by atoms with Crippen molar-refractivity contribution in [3.63, 3.8) is 0 Å². The van der Waals surface area contributed by atoms with Gasteiger partial charge in [-0.2, -0.15) is 0 Å². The lowest BCUT2D eigenvalue weighted by Crippen LogP contribution is -2.10. The fourth-order valence-electron chi connectivity index (χ4n) is 0.884. The first kappa shape index (κ1) is 9.70. The molecule has 0 saturated heterocycles. The van der Waals surface area contributed by atoms with E-state index in [2.05, 4.69) is 27.4 Å². The van der Waals surface area contributed by atoms with E-state index < -0.39 is 0 Å². The van der Waals surface area contributed by atoms with Gasteiger partial charge in [0, 0.05) is 0 Å². The van der Waals surface area contributed by atoms with Crippen molar-refractivity contribution in [3.8, 4) is 0 Å². The van der Waals surface area contributed by atoms with E-state index >= 15 is 0 Å². The summed E-state index contributed by atoms with van der Waals surface area (Å²) in [7, 11) is 0. The molecule has 1 atom stereocenters. The predicted molar refractivity (Wildman–Crippen MR) is 46.8 cm³/mol. The summed E-state index contributed by atoms with van der Waals surface area (Å²) in [6.45, 7) is 11.4. The molecule has 1 heteroatoms. The van der Waals surface area contributed by atoms with Gasteiger partial charge in [-0.25, -0.2) is 0 Å². The molecule has 0 aliphatic carbocycles. The van der Waals surface area contributed by atoms with Crippen LogP contribution in [0.2, 0.25) is 0 Å². The summed E-state index contributed by atoms with van der Waals surface area (Å²) in [4.78, 5) is 0. The minimum atomic E-state index is 0.614. The third kappa shape index (κ3) is 3.02. The summed E-state index contributed by atoms with van der Waals surface area (Å²) in [6.07, 6.45) is 0.972. The maximum absolute atomic E-state index is 5.41. The van der Waals surface area contributed by atoms with Gasteiger partial charge in [-0.15, -0.1) is 0 Å². The molecule has 1 nitrogen and oxygen atoms in total. The van der Waals surface area contributed by atoms with Crippen LogP contribution in [0.1, 0.15) is 27.2 Å². The van der Waals surface area contributed by atoms with Crippen molar-refractivity contribution in [2.45, 2.75) is 27.2 Å². The van der Waals surface area contributed by atoms with Crippen LogP contribution in [-0.2, 0) is 0 Å². The van der Waals surface area contributed by atoms with Crippen molar-refractivity contribution in [2.75, 3.05) is 6.54 Å². The molecule has 0 aromatic carbocycles. The van der Waals surface area contributed by atoms with Gasteiger partial charge in [0.1, 0.15) is 0 Å². The molecule has 60 valence electrons. The lowest BCUT2D eigenvalue weighted by molar-refractivity contribution is 0.469. The molecule has 0 aliphatic rings. The molecular formula is C9H19N. The Morgan fingerprint density at radius 1 is 1.40 bits per heavy atom. The normalized spacial score (nSPS) is 13.7. The summed E-state index contributed by atoms with van der Waals surface area (Å²) in [6, 6.07) is 0. The molecule has 0 spiro atoms. The molecular weight excluding hydrogens is 122 g/mol. The van der Waals surface area contributed by atoms with E-state index in [9.17, 15) is 0 Å². The van der Waals surface area contributed by atoms with Gasteiger partial charge < -0.3 is 5.73 Å². The topological polar surface area (TPSA) is 26.0 Å². The van der Waals surface area contributed by atoms with Crippen LogP contribution in [0.25, 0.3) is 0 Å². The summed E-state index contributed by atoms with van der Waals surface area (Å²) in [5, 5.41) is 0.